The molecule has 2 atom stereocenters. The summed E-state index contributed by atoms with van der Waals surface area (Å²) in [6, 6.07) is 1.63. The lowest BCUT2D eigenvalue weighted by atomic mass is 9.89. The van der Waals surface area contributed by atoms with Gasteiger partial charge in [-0.15, -0.1) is 0 Å². The third-order valence-corrected chi connectivity index (χ3v) is 4.94. The van der Waals surface area contributed by atoms with E-state index in [0.29, 0.717) is 24.5 Å². The summed E-state index contributed by atoms with van der Waals surface area (Å²) >= 11 is 11.8. The number of aromatic nitrogens is 1. The number of rotatable bonds is 2. The van der Waals surface area contributed by atoms with Crippen LogP contribution in [0.4, 0.5) is 0 Å². The molecule has 0 aromatic carbocycles. The highest BCUT2D eigenvalue weighted by Gasteiger charge is 2.41. The molecule has 0 radical (unpaired) electrons. The second-order valence-electron chi connectivity index (χ2n) is 5.89. The molecule has 2 saturated heterocycles. The van der Waals surface area contributed by atoms with E-state index < -0.39 is 0 Å². The van der Waals surface area contributed by atoms with Crippen LogP contribution < -0.4 is 5.32 Å². The van der Waals surface area contributed by atoms with Crippen molar-refractivity contribution in [3.63, 3.8) is 0 Å². The van der Waals surface area contributed by atoms with E-state index in [2.05, 4.69) is 10.3 Å². The topological polar surface area (TPSA) is 60.5 Å². The predicted octanol–water partition coefficient (Wildman–Crippen LogP) is 2.76. The Balaban J connectivity index is 1.70. The zero-order valence-corrected chi connectivity index (χ0v) is 13.8. The molecule has 22 heavy (non-hydrogen) atoms. The summed E-state index contributed by atoms with van der Waals surface area (Å²) in [6.07, 6.45) is 2.44. The molecule has 120 valence electrons. The summed E-state index contributed by atoms with van der Waals surface area (Å²) in [5.41, 5.74) is 0.789. The van der Waals surface area contributed by atoms with Crippen LogP contribution in [0.1, 0.15) is 35.3 Å². The fourth-order valence-corrected chi connectivity index (χ4v) is 3.39. The fraction of sp³-hybridized carbons (Fsp3) is 0.600. The van der Waals surface area contributed by atoms with Gasteiger partial charge in [-0.1, -0.05) is 23.2 Å². The van der Waals surface area contributed by atoms with Crippen molar-refractivity contribution < 1.29 is 14.3 Å². The molecule has 0 aliphatic carbocycles. The van der Waals surface area contributed by atoms with E-state index in [1.165, 1.54) is 0 Å². The number of amides is 1. The minimum atomic E-state index is -0.235. The average Bonchev–Trinajstić information content (AvgIpc) is 2.90. The van der Waals surface area contributed by atoms with E-state index >= 15 is 0 Å². The molecule has 1 N–H and O–H groups in total. The van der Waals surface area contributed by atoms with Gasteiger partial charge in [0, 0.05) is 25.7 Å². The summed E-state index contributed by atoms with van der Waals surface area (Å²) in [6.45, 7) is 3.70. The minimum Gasteiger partial charge on any atom is -0.378 e. The van der Waals surface area contributed by atoms with Crippen LogP contribution in [0.15, 0.2) is 6.07 Å². The van der Waals surface area contributed by atoms with Crippen molar-refractivity contribution >= 4 is 29.1 Å². The molecule has 0 saturated carbocycles. The lowest BCUT2D eigenvalue weighted by Crippen LogP contribution is -2.49. The third kappa shape index (κ3) is 3.23. The summed E-state index contributed by atoms with van der Waals surface area (Å²) in [7, 11) is 0. The number of carbonyl (C=O) groups excluding carboxylic acids is 1. The number of nitrogens with zero attached hydrogens (tertiary/aromatic N) is 1. The highest BCUT2D eigenvalue weighted by atomic mass is 35.5. The van der Waals surface area contributed by atoms with Crippen LogP contribution >= 0.6 is 23.2 Å². The fourth-order valence-electron chi connectivity index (χ4n) is 3.06. The monoisotopic (exact) mass is 344 g/mol. The van der Waals surface area contributed by atoms with Gasteiger partial charge in [-0.3, -0.25) is 4.79 Å². The normalized spacial score (nSPS) is 28.0. The highest BCUT2D eigenvalue weighted by Crippen LogP contribution is 2.33. The Hall–Kier alpha value is -0.880. The van der Waals surface area contributed by atoms with Gasteiger partial charge in [0.05, 0.1) is 28.5 Å². The lowest BCUT2D eigenvalue weighted by Gasteiger charge is -2.37. The van der Waals surface area contributed by atoms with E-state index in [-0.39, 0.29) is 27.7 Å². The standard InChI is InChI=1S/C15H18Cl2N2O3/c1-9-11(6-12(16)13(17)18-9)14(20)19-10-2-4-22-15(7-10)3-5-21-8-15/h6,10H,2-5,7-8H2,1H3,(H,19,20). The van der Waals surface area contributed by atoms with Gasteiger partial charge in [0.2, 0.25) is 0 Å². The maximum atomic E-state index is 12.5. The quantitative estimate of drug-likeness (QED) is 0.838. The predicted molar refractivity (Wildman–Crippen MR) is 83.6 cm³/mol. The van der Waals surface area contributed by atoms with Gasteiger partial charge in [-0.05, 0) is 25.8 Å². The molecule has 3 rings (SSSR count). The van der Waals surface area contributed by atoms with Crippen molar-refractivity contribution in [3.05, 3.63) is 27.5 Å². The van der Waals surface area contributed by atoms with Crippen LogP contribution in [0.3, 0.4) is 0 Å². The Morgan fingerprint density at radius 3 is 3.00 bits per heavy atom. The number of hydrogen-bond donors (Lipinski definition) is 1. The molecule has 1 spiro atoms. The van der Waals surface area contributed by atoms with Crippen LogP contribution in [0.2, 0.25) is 10.2 Å². The van der Waals surface area contributed by atoms with Crippen molar-refractivity contribution in [2.24, 2.45) is 0 Å². The number of carbonyl (C=O) groups is 1. The number of aryl methyl sites for hydroxylation is 1. The van der Waals surface area contributed by atoms with Crippen molar-refractivity contribution in [2.75, 3.05) is 19.8 Å². The molecule has 7 heteroatoms. The zero-order valence-electron chi connectivity index (χ0n) is 12.3. The van der Waals surface area contributed by atoms with Crippen LogP contribution in [0.25, 0.3) is 0 Å². The van der Waals surface area contributed by atoms with E-state index in [0.717, 1.165) is 25.9 Å². The Morgan fingerprint density at radius 2 is 2.27 bits per heavy atom. The molecule has 1 aromatic rings. The van der Waals surface area contributed by atoms with Gasteiger partial charge in [-0.25, -0.2) is 4.98 Å². The Bertz CT molecular complexity index is 588. The van der Waals surface area contributed by atoms with Gasteiger partial charge >= 0.3 is 0 Å². The van der Waals surface area contributed by atoms with Crippen LogP contribution in [-0.2, 0) is 9.47 Å². The van der Waals surface area contributed by atoms with E-state index in [4.69, 9.17) is 32.7 Å². The van der Waals surface area contributed by atoms with Crippen LogP contribution in [0, 0.1) is 6.92 Å². The number of hydrogen-bond acceptors (Lipinski definition) is 4. The summed E-state index contributed by atoms with van der Waals surface area (Å²) in [5, 5.41) is 3.55. The number of halogens is 2. The second-order valence-corrected chi connectivity index (χ2v) is 6.66. The molecule has 0 bridgehead atoms. The Labute approximate surface area is 139 Å². The van der Waals surface area contributed by atoms with Gasteiger partial charge < -0.3 is 14.8 Å². The minimum absolute atomic E-state index is 0.0665. The van der Waals surface area contributed by atoms with Crippen LogP contribution in [-0.4, -0.2) is 42.4 Å². The first-order valence-corrected chi connectivity index (χ1v) is 8.10. The SMILES string of the molecule is Cc1nc(Cl)c(Cl)cc1C(=O)NC1CCOC2(CCOC2)C1. The van der Waals surface area contributed by atoms with Gasteiger partial charge in [0.1, 0.15) is 5.15 Å². The largest absolute Gasteiger partial charge is 0.378 e. The summed E-state index contributed by atoms with van der Waals surface area (Å²) < 4.78 is 11.3. The molecule has 1 amide bonds. The smallest absolute Gasteiger partial charge is 0.253 e. The molecular formula is C15H18Cl2N2O3. The van der Waals surface area contributed by atoms with Gasteiger partial charge in [0.25, 0.3) is 5.91 Å². The molecule has 3 heterocycles. The lowest BCUT2D eigenvalue weighted by molar-refractivity contribution is -0.0881. The van der Waals surface area contributed by atoms with E-state index in [1.54, 1.807) is 13.0 Å². The molecule has 2 fully saturated rings. The number of ether oxygens (including phenoxy) is 2. The molecular weight excluding hydrogens is 327 g/mol. The van der Waals surface area contributed by atoms with Crippen LogP contribution in [0.5, 0.6) is 0 Å². The molecule has 1 aromatic heterocycles. The first-order valence-electron chi connectivity index (χ1n) is 7.34. The Morgan fingerprint density at radius 1 is 1.45 bits per heavy atom. The van der Waals surface area contributed by atoms with Crippen molar-refractivity contribution in [3.8, 4) is 0 Å². The molecule has 2 aliphatic heterocycles. The number of nitrogens with one attached hydrogen (secondary N) is 1. The first kappa shape index (κ1) is 16.0. The van der Waals surface area contributed by atoms with Crippen molar-refractivity contribution in [2.45, 2.75) is 37.8 Å². The van der Waals surface area contributed by atoms with Gasteiger partial charge in [-0.2, -0.15) is 0 Å². The summed E-state index contributed by atoms with van der Waals surface area (Å²) in [4.78, 5) is 16.6. The second kappa shape index (κ2) is 6.32. The van der Waals surface area contributed by atoms with Gasteiger partial charge in [0.15, 0.2) is 0 Å². The highest BCUT2D eigenvalue weighted by molar-refractivity contribution is 6.41. The first-order chi connectivity index (χ1) is 10.5. The maximum Gasteiger partial charge on any atom is 0.253 e. The third-order valence-electron chi connectivity index (χ3n) is 4.26. The number of pyridine rings is 1. The van der Waals surface area contributed by atoms with E-state index in [1.807, 2.05) is 0 Å². The molecule has 2 aliphatic rings. The maximum absolute atomic E-state index is 12.5. The zero-order chi connectivity index (χ0) is 15.7. The summed E-state index contributed by atoms with van der Waals surface area (Å²) in [5.74, 6) is -0.176. The Kier molecular flexibility index (Phi) is 4.59. The molecule has 5 nitrogen and oxygen atoms in total. The van der Waals surface area contributed by atoms with Crippen molar-refractivity contribution in [1.29, 1.82) is 0 Å². The van der Waals surface area contributed by atoms with Crippen molar-refractivity contribution in [1.82, 2.24) is 10.3 Å². The average molecular weight is 345 g/mol. The van der Waals surface area contributed by atoms with E-state index in [9.17, 15) is 4.79 Å². The molecule has 2 unspecified atom stereocenters.